The SMILES string of the molecule is O=C(NCc1ccccn1)[C@H]1CC[C@@H]2[C@@H](CCN2Cc2ccoc2)O1. The maximum atomic E-state index is 12.4. The zero-order valence-corrected chi connectivity index (χ0v) is 14.1. The molecule has 2 aliphatic heterocycles. The number of furan rings is 1. The molecule has 2 saturated heterocycles. The third kappa shape index (κ3) is 3.75. The van der Waals surface area contributed by atoms with Crippen molar-refractivity contribution in [1.29, 1.82) is 0 Å². The average molecular weight is 341 g/mol. The van der Waals surface area contributed by atoms with E-state index in [-0.39, 0.29) is 18.1 Å². The molecule has 4 rings (SSSR count). The van der Waals surface area contributed by atoms with Crippen LogP contribution in [-0.2, 0) is 22.6 Å². The van der Waals surface area contributed by atoms with Crippen molar-refractivity contribution >= 4 is 5.91 Å². The number of nitrogens with one attached hydrogen (secondary N) is 1. The molecule has 2 fully saturated rings. The summed E-state index contributed by atoms with van der Waals surface area (Å²) >= 11 is 0. The largest absolute Gasteiger partial charge is 0.472 e. The molecule has 1 amide bonds. The first-order valence-electron chi connectivity index (χ1n) is 8.88. The highest BCUT2D eigenvalue weighted by molar-refractivity contribution is 5.80. The molecule has 25 heavy (non-hydrogen) atoms. The van der Waals surface area contributed by atoms with Gasteiger partial charge in [0.05, 0.1) is 30.9 Å². The summed E-state index contributed by atoms with van der Waals surface area (Å²) in [6.45, 7) is 2.33. The second-order valence-electron chi connectivity index (χ2n) is 6.74. The van der Waals surface area contributed by atoms with Crippen LogP contribution >= 0.6 is 0 Å². The number of fused-ring (bicyclic) bond motifs is 1. The van der Waals surface area contributed by atoms with Crippen molar-refractivity contribution < 1.29 is 13.9 Å². The number of amides is 1. The van der Waals surface area contributed by atoms with Gasteiger partial charge in [-0.1, -0.05) is 6.07 Å². The van der Waals surface area contributed by atoms with E-state index >= 15 is 0 Å². The predicted molar refractivity (Wildman–Crippen MR) is 91.5 cm³/mol. The summed E-state index contributed by atoms with van der Waals surface area (Å²) in [4.78, 5) is 19.1. The van der Waals surface area contributed by atoms with Crippen LogP contribution in [0, 0.1) is 0 Å². The van der Waals surface area contributed by atoms with E-state index in [1.807, 2.05) is 24.3 Å². The lowest BCUT2D eigenvalue weighted by atomic mass is 9.98. The second-order valence-corrected chi connectivity index (χ2v) is 6.74. The number of aromatic nitrogens is 1. The monoisotopic (exact) mass is 341 g/mol. The maximum Gasteiger partial charge on any atom is 0.249 e. The number of carbonyl (C=O) groups excluding carboxylic acids is 1. The van der Waals surface area contributed by atoms with E-state index in [9.17, 15) is 4.79 Å². The van der Waals surface area contributed by atoms with Crippen LogP contribution in [0.15, 0.2) is 47.4 Å². The number of carbonyl (C=O) groups is 1. The number of ether oxygens (including phenoxy) is 1. The lowest BCUT2D eigenvalue weighted by Gasteiger charge is -2.35. The summed E-state index contributed by atoms with van der Waals surface area (Å²) in [6, 6.07) is 8.09. The number of hydrogen-bond donors (Lipinski definition) is 1. The minimum Gasteiger partial charge on any atom is -0.472 e. The Hall–Kier alpha value is -2.18. The molecule has 2 aromatic heterocycles. The molecule has 1 N–H and O–H groups in total. The van der Waals surface area contributed by atoms with Gasteiger partial charge in [-0.05, 0) is 37.5 Å². The highest BCUT2D eigenvalue weighted by Gasteiger charge is 2.41. The Morgan fingerprint density at radius 2 is 2.24 bits per heavy atom. The van der Waals surface area contributed by atoms with Gasteiger partial charge in [-0.25, -0.2) is 0 Å². The van der Waals surface area contributed by atoms with Crippen LogP contribution in [0.3, 0.4) is 0 Å². The summed E-state index contributed by atoms with van der Waals surface area (Å²) in [5.41, 5.74) is 2.05. The number of hydrogen-bond acceptors (Lipinski definition) is 5. The Labute approximate surface area is 147 Å². The predicted octanol–water partition coefficient (Wildman–Crippen LogP) is 2.11. The zero-order chi connectivity index (χ0) is 17.1. The van der Waals surface area contributed by atoms with E-state index in [1.165, 1.54) is 5.56 Å². The fourth-order valence-corrected chi connectivity index (χ4v) is 3.82. The topological polar surface area (TPSA) is 67.6 Å². The smallest absolute Gasteiger partial charge is 0.249 e. The zero-order valence-electron chi connectivity index (χ0n) is 14.1. The van der Waals surface area contributed by atoms with E-state index in [2.05, 4.69) is 15.2 Å². The van der Waals surface area contributed by atoms with Gasteiger partial charge >= 0.3 is 0 Å². The number of rotatable bonds is 5. The molecule has 2 aliphatic rings. The number of nitrogens with zero attached hydrogens (tertiary/aromatic N) is 2. The normalized spacial score (nSPS) is 26.3. The third-order valence-electron chi connectivity index (χ3n) is 5.09. The van der Waals surface area contributed by atoms with Crippen LogP contribution in [0.2, 0.25) is 0 Å². The van der Waals surface area contributed by atoms with Gasteiger partial charge in [0.2, 0.25) is 5.91 Å². The lowest BCUT2D eigenvalue weighted by Crippen LogP contribution is -2.47. The molecular weight excluding hydrogens is 318 g/mol. The molecule has 0 spiro atoms. The fourth-order valence-electron chi connectivity index (χ4n) is 3.82. The van der Waals surface area contributed by atoms with E-state index in [0.29, 0.717) is 12.6 Å². The van der Waals surface area contributed by atoms with Gasteiger partial charge in [-0.15, -0.1) is 0 Å². The van der Waals surface area contributed by atoms with Gasteiger partial charge in [-0.3, -0.25) is 14.7 Å². The number of pyridine rings is 1. The van der Waals surface area contributed by atoms with Gasteiger partial charge in [0.15, 0.2) is 0 Å². The Morgan fingerprint density at radius 3 is 3.04 bits per heavy atom. The first-order valence-corrected chi connectivity index (χ1v) is 8.88. The minimum atomic E-state index is -0.348. The summed E-state index contributed by atoms with van der Waals surface area (Å²) < 4.78 is 11.3. The molecule has 0 aliphatic carbocycles. The van der Waals surface area contributed by atoms with Gasteiger partial charge in [-0.2, -0.15) is 0 Å². The molecule has 0 aromatic carbocycles. The Morgan fingerprint density at radius 1 is 1.28 bits per heavy atom. The molecule has 3 atom stereocenters. The Kier molecular flexibility index (Phi) is 4.81. The van der Waals surface area contributed by atoms with Crippen LogP contribution < -0.4 is 5.32 Å². The standard InChI is InChI=1S/C19H23N3O3/c23-19(21-11-15-3-1-2-8-20-15)18-5-4-16-17(25-18)6-9-22(16)12-14-7-10-24-13-14/h1-3,7-8,10,13,16-18H,4-6,9,11-12H2,(H,21,23)/t16-,17-,18-/m1/s1. The lowest BCUT2D eigenvalue weighted by molar-refractivity contribution is -0.144. The fraction of sp³-hybridized carbons (Fsp3) is 0.474. The third-order valence-corrected chi connectivity index (χ3v) is 5.09. The van der Waals surface area contributed by atoms with E-state index in [1.54, 1.807) is 18.7 Å². The van der Waals surface area contributed by atoms with E-state index in [4.69, 9.17) is 9.15 Å². The molecule has 4 heterocycles. The van der Waals surface area contributed by atoms with E-state index in [0.717, 1.165) is 38.0 Å². The molecular formula is C19H23N3O3. The van der Waals surface area contributed by atoms with Gasteiger partial charge in [0.1, 0.15) is 6.10 Å². The highest BCUT2D eigenvalue weighted by Crippen LogP contribution is 2.32. The van der Waals surface area contributed by atoms with Crippen LogP contribution in [0.1, 0.15) is 30.5 Å². The van der Waals surface area contributed by atoms with Crippen molar-refractivity contribution in [2.45, 2.75) is 50.6 Å². The average Bonchev–Trinajstić information content (AvgIpc) is 3.31. The van der Waals surface area contributed by atoms with Crippen LogP contribution in [0.25, 0.3) is 0 Å². The summed E-state index contributed by atoms with van der Waals surface area (Å²) in [7, 11) is 0. The minimum absolute atomic E-state index is 0.0302. The summed E-state index contributed by atoms with van der Waals surface area (Å²) in [5, 5.41) is 2.94. The van der Waals surface area contributed by atoms with Crippen molar-refractivity contribution in [3.8, 4) is 0 Å². The number of likely N-dealkylation sites (tertiary alicyclic amines) is 1. The molecule has 0 saturated carbocycles. The van der Waals surface area contributed by atoms with Gasteiger partial charge in [0, 0.05) is 30.9 Å². The highest BCUT2D eigenvalue weighted by atomic mass is 16.5. The molecule has 2 aromatic rings. The maximum absolute atomic E-state index is 12.4. The van der Waals surface area contributed by atoms with Crippen LogP contribution in [0.4, 0.5) is 0 Å². The molecule has 6 heteroatoms. The first-order chi connectivity index (χ1) is 12.3. The van der Waals surface area contributed by atoms with Crippen molar-refractivity contribution in [2.75, 3.05) is 6.54 Å². The molecule has 0 bridgehead atoms. The summed E-state index contributed by atoms with van der Waals surface area (Å²) in [6.07, 6.45) is 7.77. The van der Waals surface area contributed by atoms with Crippen molar-refractivity contribution in [1.82, 2.24) is 15.2 Å². The Bertz CT molecular complexity index is 689. The van der Waals surface area contributed by atoms with Crippen LogP contribution in [-0.4, -0.2) is 40.6 Å². The van der Waals surface area contributed by atoms with Crippen LogP contribution in [0.5, 0.6) is 0 Å². The Balaban J connectivity index is 1.29. The second kappa shape index (κ2) is 7.37. The quantitative estimate of drug-likeness (QED) is 0.902. The molecule has 0 radical (unpaired) electrons. The first kappa shape index (κ1) is 16.3. The summed E-state index contributed by atoms with van der Waals surface area (Å²) in [5.74, 6) is -0.0302. The van der Waals surface area contributed by atoms with Crippen molar-refractivity contribution in [2.24, 2.45) is 0 Å². The van der Waals surface area contributed by atoms with Gasteiger partial charge in [0.25, 0.3) is 0 Å². The molecule has 132 valence electrons. The van der Waals surface area contributed by atoms with E-state index < -0.39 is 0 Å². The molecule has 0 unspecified atom stereocenters. The molecule has 6 nitrogen and oxygen atoms in total. The van der Waals surface area contributed by atoms with Crippen molar-refractivity contribution in [3.05, 3.63) is 54.2 Å². The van der Waals surface area contributed by atoms with Gasteiger partial charge < -0.3 is 14.5 Å². The van der Waals surface area contributed by atoms with Crippen molar-refractivity contribution in [3.63, 3.8) is 0 Å².